The molecule has 2 aromatic rings. The zero-order valence-corrected chi connectivity index (χ0v) is 16.5. The molecule has 1 aliphatic heterocycles. The second-order valence-electron chi connectivity index (χ2n) is 7.11. The number of benzene rings is 1. The minimum Gasteiger partial charge on any atom is -0.497 e. The minimum atomic E-state index is 0.198. The van der Waals surface area contributed by atoms with Gasteiger partial charge in [0, 0.05) is 70.2 Å². The summed E-state index contributed by atoms with van der Waals surface area (Å²) >= 11 is 0. The van der Waals surface area contributed by atoms with Crippen LogP contribution in [0.5, 0.6) is 11.5 Å². The number of ether oxygens (including phenoxy) is 2. The van der Waals surface area contributed by atoms with Crippen molar-refractivity contribution in [3.8, 4) is 11.5 Å². The highest BCUT2D eigenvalue weighted by Crippen LogP contribution is 2.25. The Hall–Kier alpha value is -2.09. The van der Waals surface area contributed by atoms with Gasteiger partial charge in [0.2, 0.25) is 0 Å². The summed E-state index contributed by atoms with van der Waals surface area (Å²) in [5, 5.41) is 13.8. The van der Waals surface area contributed by atoms with Crippen LogP contribution in [-0.2, 0) is 20.1 Å². The molecule has 0 spiro atoms. The van der Waals surface area contributed by atoms with E-state index in [-0.39, 0.29) is 6.61 Å². The van der Waals surface area contributed by atoms with Crippen molar-refractivity contribution in [2.45, 2.75) is 25.6 Å². The number of methoxy groups -OCH3 is 2. The van der Waals surface area contributed by atoms with Crippen LogP contribution in [0, 0.1) is 0 Å². The standard InChI is InChI=1S/C20H30N4O3/c1-22-12-17(11-21-22)13-23-5-6-24(18(15-23)4-7-25)14-16-8-19(26-2)10-20(9-16)27-3/h8-12,18,25H,4-7,13-15H2,1-3H3/t18-/m1/s1. The molecule has 0 unspecified atom stereocenters. The summed E-state index contributed by atoms with van der Waals surface area (Å²) < 4.78 is 12.6. The molecule has 1 aromatic heterocycles. The van der Waals surface area contributed by atoms with Crippen molar-refractivity contribution in [1.82, 2.24) is 19.6 Å². The van der Waals surface area contributed by atoms with Crippen LogP contribution in [0.3, 0.4) is 0 Å². The van der Waals surface area contributed by atoms with Crippen LogP contribution in [-0.4, -0.2) is 71.2 Å². The van der Waals surface area contributed by atoms with Crippen LogP contribution in [0.15, 0.2) is 30.6 Å². The fourth-order valence-corrected chi connectivity index (χ4v) is 3.74. The van der Waals surface area contributed by atoms with E-state index in [1.165, 1.54) is 5.56 Å². The minimum absolute atomic E-state index is 0.198. The van der Waals surface area contributed by atoms with E-state index < -0.39 is 0 Å². The van der Waals surface area contributed by atoms with Crippen molar-refractivity contribution in [2.75, 3.05) is 40.5 Å². The highest BCUT2D eigenvalue weighted by Gasteiger charge is 2.27. The van der Waals surface area contributed by atoms with E-state index in [0.717, 1.165) is 56.2 Å². The summed E-state index contributed by atoms with van der Waals surface area (Å²) in [6, 6.07) is 6.32. The zero-order valence-electron chi connectivity index (χ0n) is 16.5. The second kappa shape index (κ2) is 9.21. The third-order valence-corrected chi connectivity index (χ3v) is 5.11. The Balaban J connectivity index is 1.67. The van der Waals surface area contributed by atoms with Gasteiger partial charge in [-0.25, -0.2) is 0 Å². The van der Waals surface area contributed by atoms with E-state index in [1.807, 2.05) is 24.0 Å². The molecule has 0 radical (unpaired) electrons. The van der Waals surface area contributed by atoms with E-state index in [9.17, 15) is 5.11 Å². The van der Waals surface area contributed by atoms with Crippen molar-refractivity contribution < 1.29 is 14.6 Å². The molecule has 0 bridgehead atoms. The lowest BCUT2D eigenvalue weighted by Crippen LogP contribution is -2.52. The van der Waals surface area contributed by atoms with E-state index in [1.54, 1.807) is 14.2 Å². The van der Waals surface area contributed by atoms with E-state index >= 15 is 0 Å². The van der Waals surface area contributed by atoms with Gasteiger partial charge in [0.05, 0.1) is 20.4 Å². The predicted molar refractivity (Wildman–Crippen MR) is 104 cm³/mol. The summed E-state index contributed by atoms with van der Waals surface area (Å²) in [6.07, 6.45) is 4.76. The Morgan fingerprint density at radius 3 is 2.41 bits per heavy atom. The average molecular weight is 374 g/mol. The number of nitrogens with zero attached hydrogens (tertiary/aromatic N) is 4. The molecule has 0 aliphatic carbocycles. The molecular formula is C20H30N4O3. The van der Waals surface area contributed by atoms with Gasteiger partial charge < -0.3 is 14.6 Å². The highest BCUT2D eigenvalue weighted by atomic mass is 16.5. The number of hydrogen-bond acceptors (Lipinski definition) is 6. The van der Waals surface area contributed by atoms with Crippen LogP contribution in [0.1, 0.15) is 17.5 Å². The SMILES string of the molecule is COc1cc(CN2CCN(Cc3cnn(C)c3)C[C@H]2CCO)cc(OC)c1. The number of aryl methyl sites for hydroxylation is 1. The number of piperazine rings is 1. The van der Waals surface area contributed by atoms with Crippen LogP contribution in [0.2, 0.25) is 0 Å². The maximum Gasteiger partial charge on any atom is 0.122 e. The normalized spacial score (nSPS) is 18.6. The molecular weight excluding hydrogens is 344 g/mol. The van der Waals surface area contributed by atoms with Gasteiger partial charge in [-0.05, 0) is 24.1 Å². The molecule has 2 heterocycles. The molecule has 3 rings (SSSR count). The van der Waals surface area contributed by atoms with E-state index in [2.05, 4.69) is 33.2 Å². The molecule has 7 heteroatoms. The summed E-state index contributed by atoms with van der Waals surface area (Å²) in [5.41, 5.74) is 2.39. The van der Waals surface area contributed by atoms with Crippen LogP contribution >= 0.6 is 0 Å². The van der Waals surface area contributed by atoms with Crippen molar-refractivity contribution in [3.05, 3.63) is 41.7 Å². The summed E-state index contributed by atoms with van der Waals surface area (Å²) in [5.74, 6) is 1.61. The third-order valence-electron chi connectivity index (χ3n) is 5.11. The van der Waals surface area contributed by atoms with Crippen LogP contribution in [0.4, 0.5) is 0 Å². The van der Waals surface area contributed by atoms with Gasteiger partial charge in [0.15, 0.2) is 0 Å². The van der Waals surface area contributed by atoms with Gasteiger partial charge in [-0.1, -0.05) is 0 Å². The van der Waals surface area contributed by atoms with Crippen molar-refractivity contribution >= 4 is 0 Å². The first-order valence-corrected chi connectivity index (χ1v) is 9.38. The Bertz CT molecular complexity index is 712. The summed E-state index contributed by atoms with van der Waals surface area (Å²) in [4.78, 5) is 4.89. The molecule has 148 valence electrons. The van der Waals surface area contributed by atoms with Gasteiger partial charge >= 0.3 is 0 Å². The van der Waals surface area contributed by atoms with Gasteiger partial charge in [-0.2, -0.15) is 5.10 Å². The second-order valence-corrected chi connectivity index (χ2v) is 7.11. The van der Waals surface area contributed by atoms with Gasteiger partial charge in [-0.3, -0.25) is 14.5 Å². The molecule has 1 aromatic carbocycles. The lowest BCUT2D eigenvalue weighted by Gasteiger charge is -2.41. The first-order chi connectivity index (χ1) is 13.1. The molecule has 1 saturated heterocycles. The first-order valence-electron chi connectivity index (χ1n) is 9.38. The number of aliphatic hydroxyl groups is 1. The molecule has 1 N–H and O–H groups in total. The lowest BCUT2D eigenvalue weighted by molar-refractivity contribution is 0.0499. The first kappa shape index (κ1) is 19.7. The fourth-order valence-electron chi connectivity index (χ4n) is 3.74. The molecule has 1 fully saturated rings. The maximum absolute atomic E-state index is 9.55. The Labute approximate surface area is 161 Å². The fraction of sp³-hybridized carbons (Fsp3) is 0.550. The van der Waals surface area contributed by atoms with Gasteiger partial charge in [-0.15, -0.1) is 0 Å². The number of rotatable bonds is 8. The van der Waals surface area contributed by atoms with Gasteiger partial charge in [0.1, 0.15) is 11.5 Å². The van der Waals surface area contributed by atoms with E-state index in [4.69, 9.17) is 9.47 Å². The van der Waals surface area contributed by atoms with Gasteiger partial charge in [0.25, 0.3) is 0 Å². The van der Waals surface area contributed by atoms with Crippen LogP contribution in [0.25, 0.3) is 0 Å². The largest absolute Gasteiger partial charge is 0.497 e. The Morgan fingerprint density at radius 2 is 1.81 bits per heavy atom. The Kier molecular flexibility index (Phi) is 6.71. The molecule has 0 amide bonds. The average Bonchev–Trinajstić information content (AvgIpc) is 3.08. The smallest absolute Gasteiger partial charge is 0.122 e. The molecule has 1 atom stereocenters. The van der Waals surface area contributed by atoms with E-state index in [0.29, 0.717) is 6.04 Å². The number of aliphatic hydroxyl groups excluding tert-OH is 1. The number of aromatic nitrogens is 2. The monoisotopic (exact) mass is 374 g/mol. The molecule has 7 nitrogen and oxygen atoms in total. The molecule has 1 aliphatic rings. The van der Waals surface area contributed by atoms with Crippen molar-refractivity contribution in [2.24, 2.45) is 7.05 Å². The predicted octanol–water partition coefficient (Wildman–Crippen LogP) is 1.51. The lowest BCUT2D eigenvalue weighted by atomic mass is 10.1. The highest BCUT2D eigenvalue weighted by molar-refractivity contribution is 5.38. The summed E-state index contributed by atoms with van der Waals surface area (Å²) in [6.45, 7) is 4.82. The molecule has 27 heavy (non-hydrogen) atoms. The number of hydrogen-bond donors (Lipinski definition) is 1. The topological polar surface area (TPSA) is 63.0 Å². The third kappa shape index (κ3) is 5.22. The Morgan fingerprint density at radius 1 is 1.07 bits per heavy atom. The molecule has 0 saturated carbocycles. The maximum atomic E-state index is 9.55. The zero-order chi connectivity index (χ0) is 19.2. The van der Waals surface area contributed by atoms with Crippen molar-refractivity contribution in [1.29, 1.82) is 0 Å². The van der Waals surface area contributed by atoms with Crippen LogP contribution < -0.4 is 9.47 Å². The van der Waals surface area contributed by atoms with Crippen molar-refractivity contribution in [3.63, 3.8) is 0 Å². The summed E-state index contributed by atoms with van der Waals surface area (Å²) in [7, 11) is 5.28. The quantitative estimate of drug-likeness (QED) is 0.756.